The van der Waals surface area contributed by atoms with Crippen LogP contribution in [-0.2, 0) is 9.59 Å². The molecule has 6 heteroatoms. The molecule has 0 saturated carbocycles. The average molecular weight is 333 g/mol. The number of anilines is 1. The summed E-state index contributed by atoms with van der Waals surface area (Å²) in [5.74, 6) is -1.67. The molecule has 2 rings (SSSR count). The van der Waals surface area contributed by atoms with E-state index < -0.39 is 17.9 Å². The Morgan fingerprint density at radius 3 is 2.43 bits per heavy atom. The van der Waals surface area contributed by atoms with E-state index in [0.29, 0.717) is 16.3 Å². The Labute approximate surface area is 139 Å². The quantitative estimate of drug-likeness (QED) is 0.752. The highest BCUT2D eigenvalue weighted by Gasteiger charge is 2.17. The van der Waals surface area contributed by atoms with Crippen LogP contribution in [0.25, 0.3) is 0 Å². The number of halogens is 1. The van der Waals surface area contributed by atoms with Crippen LogP contribution in [0.2, 0.25) is 5.02 Å². The van der Waals surface area contributed by atoms with Gasteiger partial charge in [0.2, 0.25) is 0 Å². The second kappa shape index (κ2) is 7.76. The molecule has 2 amide bonds. The SMILES string of the molecule is Cc1ccccc1C(O)CNC(=O)C(=O)Nc1ccccc1Cl. The Morgan fingerprint density at radius 1 is 1.09 bits per heavy atom. The minimum atomic E-state index is -0.881. The molecule has 0 aliphatic heterocycles. The van der Waals surface area contributed by atoms with Gasteiger partial charge in [-0.05, 0) is 30.2 Å². The zero-order valence-electron chi connectivity index (χ0n) is 12.5. The smallest absolute Gasteiger partial charge is 0.313 e. The third kappa shape index (κ3) is 4.55. The molecule has 0 fully saturated rings. The Morgan fingerprint density at radius 2 is 1.74 bits per heavy atom. The predicted octanol–water partition coefficient (Wildman–Crippen LogP) is 2.44. The lowest BCUT2D eigenvalue weighted by atomic mass is 10.0. The molecule has 5 nitrogen and oxygen atoms in total. The maximum Gasteiger partial charge on any atom is 0.313 e. The number of hydrogen-bond acceptors (Lipinski definition) is 3. The summed E-state index contributed by atoms with van der Waals surface area (Å²) in [7, 11) is 0. The second-order valence-corrected chi connectivity index (χ2v) is 5.42. The monoisotopic (exact) mass is 332 g/mol. The third-order valence-electron chi connectivity index (χ3n) is 3.33. The number of amides is 2. The number of para-hydroxylation sites is 1. The fourth-order valence-electron chi connectivity index (χ4n) is 2.08. The van der Waals surface area contributed by atoms with Crippen LogP contribution < -0.4 is 10.6 Å². The molecule has 0 aliphatic carbocycles. The van der Waals surface area contributed by atoms with Gasteiger partial charge in [-0.3, -0.25) is 9.59 Å². The molecule has 0 heterocycles. The van der Waals surface area contributed by atoms with Crippen LogP contribution in [0.1, 0.15) is 17.2 Å². The maximum atomic E-state index is 11.8. The van der Waals surface area contributed by atoms with Crippen LogP contribution in [0.5, 0.6) is 0 Å². The number of aryl methyl sites for hydroxylation is 1. The van der Waals surface area contributed by atoms with Crippen molar-refractivity contribution in [2.75, 3.05) is 11.9 Å². The van der Waals surface area contributed by atoms with Gasteiger partial charge in [0, 0.05) is 6.54 Å². The molecule has 0 spiro atoms. The normalized spacial score (nSPS) is 11.6. The van der Waals surface area contributed by atoms with Crippen molar-refractivity contribution < 1.29 is 14.7 Å². The third-order valence-corrected chi connectivity index (χ3v) is 3.66. The topological polar surface area (TPSA) is 78.4 Å². The lowest BCUT2D eigenvalue weighted by molar-refractivity contribution is -0.136. The van der Waals surface area contributed by atoms with E-state index in [1.54, 1.807) is 36.4 Å². The van der Waals surface area contributed by atoms with E-state index in [0.717, 1.165) is 5.56 Å². The molecule has 120 valence electrons. The number of aliphatic hydroxyl groups excluding tert-OH is 1. The first-order chi connectivity index (χ1) is 11.0. The molecular formula is C17H17ClN2O3. The Balaban J connectivity index is 1.91. The van der Waals surface area contributed by atoms with Crippen LogP contribution in [0, 0.1) is 6.92 Å². The fourth-order valence-corrected chi connectivity index (χ4v) is 2.26. The van der Waals surface area contributed by atoms with Crippen molar-refractivity contribution in [2.45, 2.75) is 13.0 Å². The van der Waals surface area contributed by atoms with Gasteiger partial charge in [0.15, 0.2) is 0 Å². The van der Waals surface area contributed by atoms with Gasteiger partial charge in [0.05, 0.1) is 16.8 Å². The number of aliphatic hydroxyl groups is 1. The summed E-state index contributed by atoms with van der Waals surface area (Å²) in [6.45, 7) is 1.81. The molecule has 0 aromatic heterocycles. The molecule has 2 aromatic rings. The maximum absolute atomic E-state index is 11.8. The number of carbonyl (C=O) groups is 2. The minimum absolute atomic E-state index is 0.0559. The first-order valence-electron chi connectivity index (χ1n) is 7.06. The zero-order chi connectivity index (χ0) is 16.8. The number of benzene rings is 2. The number of hydrogen-bond donors (Lipinski definition) is 3. The van der Waals surface area contributed by atoms with E-state index >= 15 is 0 Å². The van der Waals surface area contributed by atoms with E-state index in [2.05, 4.69) is 10.6 Å². The van der Waals surface area contributed by atoms with E-state index in [4.69, 9.17) is 11.6 Å². The van der Waals surface area contributed by atoms with Crippen LogP contribution >= 0.6 is 11.6 Å². The molecule has 0 radical (unpaired) electrons. The molecule has 1 unspecified atom stereocenters. The van der Waals surface area contributed by atoms with Gasteiger partial charge < -0.3 is 15.7 Å². The molecule has 1 atom stereocenters. The summed E-state index contributed by atoms with van der Waals surface area (Å²) < 4.78 is 0. The van der Waals surface area contributed by atoms with Crippen LogP contribution in [0.15, 0.2) is 48.5 Å². The van der Waals surface area contributed by atoms with Crippen molar-refractivity contribution in [3.05, 3.63) is 64.7 Å². The highest BCUT2D eigenvalue weighted by molar-refractivity contribution is 6.41. The van der Waals surface area contributed by atoms with Crippen LogP contribution in [0.3, 0.4) is 0 Å². The van der Waals surface area contributed by atoms with E-state index in [1.165, 1.54) is 0 Å². The average Bonchev–Trinajstić information content (AvgIpc) is 2.54. The summed E-state index contributed by atoms with van der Waals surface area (Å²) in [6, 6.07) is 13.9. The summed E-state index contributed by atoms with van der Waals surface area (Å²) >= 11 is 5.91. The van der Waals surface area contributed by atoms with Crippen molar-refractivity contribution in [3.63, 3.8) is 0 Å². The van der Waals surface area contributed by atoms with E-state index in [1.807, 2.05) is 19.1 Å². The zero-order valence-corrected chi connectivity index (χ0v) is 13.3. The Bertz CT molecular complexity index is 718. The van der Waals surface area contributed by atoms with Gasteiger partial charge in [-0.1, -0.05) is 48.0 Å². The van der Waals surface area contributed by atoms with Crippen molar-refractivity contribution in [1.29, 1.82) is 0 Å². The highest BCUT2D eigenvalue weighted by atomic mass is 35.5. The number of carbonyl (C=O) groups excluding carboxylic acids is 2. The summed E-state index contributed by atoms with van der Waals surface area (Å²) in [6.07, 6.45) is -0.881. The van der Waals surface area contributed by atoms with Crippen molar-refractivity contribution in [1.82, 2.24) is 5.32 Å². The minimum Gasteiger partial charge on any atom is -0.387 e. The second-order valence-electron chi connectivity index (χ2n) is 5.02. The molecule has 0 saturated heterocycles. The molecule has 0 bridgehead atoms. The van der Waals surface area contributed by atoms with E-state index in [-0.39, 0.29) is 6.54 Å². The van der Waals surface area contributed by atoms with Gasteiger partial charge in [-0.2, -0.15) is 0 Å². The lowest BCUT2D eigenvalue weighted by Crippen LogP contribution is -2.37. The molecule has 2 aromatic carbocycles. The van der Waals surface area contributed by atoms with Crippen LogP contribution in [0.4, 0.5) is 5.69 Å². The number of rotatable bonds is 4. The van der Waals surface area contributed by atoms with Crippen molar-refractivity contribution in [2.24, 2.45) is 0 Å². The number of nitrogens with one attached hydrogen (secondary N) is 2. The molecule has 23 heavy (non-hydrogen) atoms. The summed E-state index contributed by atoms with van der Waals surface area (Å²) in [4.78, 5) is 23.6. The highest BCUT2D eigenvalue weighted by Crippen LogP contribution is 2.20. The summed E-state index contributed by atoms with van der Waals surface area (Å²) in [5, 5.41) is 15.3. The standard InChI is InChI=1S/C17H17ClN2O3/c1-11-6-2-3-7-12(11)15(21)10-19-16(22)17(23)20-14-9-5-4-8-13(14)18/h2-9,15,21H,10H2,1H3,(H,19,22)(H,20,23). The van der Waals surface area contributed by atoms with Gasteiger partial charge in [0.1, 0.15) is 0 Å². The first-order valence-corrected chi connectivity index (χ1v) is 7.44. The summed E-state index contributed by atoms with van der Waals surface area (Å²) in [5.41, 5.74) is 1.97. The van der Waals surface area contributed by atoms with Gasteiger partial charge in [-0.15, -0.1) is 0 Å². The van der Waals surface area contributed by atoms with Crippen molar-refractivity contribution in [3.8, 4) is 0 Å². The molecular weight excluding hydrogens is 316 g/mol. The Hall–Kier alpha value is -2.37. The predicted molar refractivity (Wildman–Crippen MR) is 89.2 cm³/mol. The molecule has 0 aliphatic rings. The fraction of sp³-hybridized carbons (Fsp3) is 0.176. The molecule has 3 N–H and O–H groups in total. The van der Waals surface area contributed by atoms with Gasteiger partial charge in [-0.25, -0.2) is 0 Å². The van der Waals surface area contributed by atoms with Gasteiger partial charge >= 0.3 is 11.8 Å². The van der Waals surface area contributed by atoms with Crippen LogP contribution in [-0.4, -0.2) is 23.5 Å². The Kier molecular flexibility index (Phi) is 5.73. The largest absolute Gasteiger partial charge is 0.387 e. The lowest BCUT2D eigenvalue weighted by Gasteiger charge is -2.14. The first kappa shape index (κ1) is 17.0. The van der Waals surface area contributed by atoms with Crippen molar-refractivity contribution >= 4 is 29.1 Å². The van der Waals surface area contributed by atoms with E-state index in [9.17, 15) is 14.7 Å². The van der Waals surface area contributed by atoms with Gasteiger partial charge in [0.25, 0.3) is 0 Å².